The SMILES string of the molecule is COc1cc2c(cc1NC(=O)CN1CCN(C(=O)C3=NC(C)=CC3)CC1)OCO2. The number of nitrogens with one attached hydrogen (secondary N) is 1. The van der Waals surface area contributed by atoms with Gasteiger partial charge in [0.2, 0.25) is 12.7 Å². The molecule has 0 radical (unpaired) electrons. The van der Waals surface area contributed by atoms with Crippen LogP contribution in [0.2, 0.25) is 0 Å². The van der Waals surface area contributed by atoms with Crippen molar-refractivity contribution in [3.8, 4) is 17.2 Å². The molecule has 3 heterocycles. The van der Waals surface area contributed by atoms with E-state index < -0.39 is 0 Å². The number of benzene rings is 1. The lowest BCUT2D eigenvalue weighted by molar-refractivity contribution is -0.126. The monoisotopic (exact) mass is 400 g/mol. The van der Waals surface area contributed by atoms with Crippen LogP contribution >= 0.6 is 0 Å². The maximum atomic E-state index is 12.5. The Kier molecular flexibility index (Phi) is 5.39. The first-order valence-electron chi connectivity index (χ1n) is 9.57. The van der Waals surface area contributed by atoms with E-state index in [-0.39, 0.29) is 25.2 Å². The number of carbonyl (C=O) groups is 2. The van der Waals surface area contributed by atoms with E-state index in [9.17, 15) is 9.59 Å². The molecule has 9 nitrogen and oxygen atoms in total. The molecular weight excluding hydrogens is 376 g/mol. The summed E-state index contributed by atoms with van der Waals surface area (Å²) in [5, 5.41) is 2.87. The van der Waals surface area contributed by atoms with Gasteiger partial charge < -0.3 is 24.4 Å². The Morgan fingerprint density at radius 3 is 2.55 bits per heavy atom. The summed E-state index contributed by atoms with van der Waals surface area (Å²) in [6.07, 6.45) is 2.56. The topological polar surface area (TPSA) is 92.7 Å². The van der Waals surface area contributed by atoms with Gasteiger partial charge in [0, 0.05) is 50.4 Å². The lowest BCUT2D eigenvalue weighted by Crippen LogP contribution is -2.51. The van der Waals surface area contributed by atoms with Crippen molar-refractivity contribution in [2.24, 2.45) is 4.99 Å². The molecule has 0 aromatic heterocycles. The molecule has 1 fully saturated rings. The molecule has 0 aliphatic carbocycles. The molecule has 0 unspecified atom stereocenters. The minimum atomic E-state index is -0.151. The minimum Gasteiger partial charge on any atom is -0.494 e. The van der Waals surface area contributed by atoms with Crippen LogP contribution in [0, 0.1) is 0 Å². The fourth-order valence-corrected chi connectivity index (χ4v) is 3.56. The zero-order valence-electron chi connectivity index (χ0n) is 16.6. The van der Waals surface area contributed by atoms with E-state index in [0.717, 1.165) is 5.70 Å². The Labute approximate surface area is 168 Å². The largest absolute Gasteiger partial charge is 0.494 e. The molecule has 3 aliphatic rings. The summed E-state index contributed by atoms with van der Waals surface area (Å²) in [6, 6.07) is 3.40. The number of amides is 2. The quantitative estimate of drug-likeness (QED) is 0.800. The van der Waals surface area contributed by atoms with E-state index in [0.29, 0.717) is 61.2 Å². The van der Waals surface area contributed by atoms with E-state index in [1.807, 2.05) is 17.9 Å². The predicted octanol–water partition coefficient (Wildman–Crippen LogP) is 1.26. The van der Waals surface area contributed by atoms with Gasteiger partial charge in [-0.3, -0.25) is 19.5 Å². The van der Waals surface area contributed by atoms with Gasteiger partial charge in [0.15, 0.2) is 11.5 Å². The van der Waals surface area contributed by atoms with Crippen LogP contribution in [0.4, 0.5) is 5.69 Å². The number of aliphatic imine (C=N–C) groups is 1. The number of rotatable bonds is 5. The highest BCUT2D eigenvalue weighted by molar-refractivity contribution is 6.39. The zero-order valence-corrected chi connectivity index (χ0v) is 16.6. The van der Waals surface area contributed by atoms with Crippen LogP contribution in [-0.4, -0.2) is 74.0 Å². The fourth-order valence-electron chi connectivity index (χ4n) is 3.56. The van der Waals surface area contributed by atoms with Crippen molar-refractivity contribution < 1.29 is 23.8 Å². The van der Waals surface area contributed by atoms with Crippen LogP contribution < -0.4 is 19.5 Å². The molecular formula is C20H24N4O5. The standard InChI is InChI=1S/C20H24N4O5/c1-13-3-4-14(21-13)20(26)24-7-5-23(6-8-24)11-19(25)22-15-9-17-18(29-12-28-17)10-16(15)27-2/h3,9-10H,4-8,11-12H2,1-2H3,(H,22,25). The highest BCUT2D eigenvalue weighted by atomic mass is 16.7. The Morgan fingerprint density at radius 1 is 1.17 bits per heavy atom. The Bertz CT molecular complexity index is 887. The molecule has 1 N–H and O–H groups in total. The molecule has 9 heteroatoms. The number of anilines is 1. The van der Waals surface area contributed by atoms with Gasteiger partial charge in [-0.15, -0.1) is 0 Å². The van der Waals surface area contributed by atoms with Gasteiger partial charge in [-0.2, -0.15) is 0 Å². The van der Waals surface area contributed by atoms with Gasteiger partial charge in [0.05, 0.1) is 19.3 Å². The zero-order chi connectivity index (χ0) is 20.4. The number of hydrogen-bond donors (Lipinski definition) is 1. The molecule has 0 bridgehead atoms. The number of allylic oxidation sites excluding steroid dienone is 2. The molecule has 154 valence electrons. The second-order valence-electron chi connectivity index (χ2n) is 7.13. The summed E-state index contributed by atoms with van der Waals surface area (Å²) in [5.74, 6) is 1.53. The average Bonchev–Trinajstić information content (AvgIpc) is 3.35. The first-order chi connectivity index (χ1) is 14.0. The van der Waals surface area contributed by atoms with Crippen molar-refractivity contribution in [1.29, 1.82) is 0 Å². The van der Waals surface area contributed by atoms with Gasteiger partial charge in [-0.1, -0.05) is 6.08 Å². The van der Waals surface area contributed by atoms with Crippen molar-refractivity contribution >= 4 is 23.2 Å². The average molecular weight is 400 g/mol. The first kappa shape index (κ1) is 19.3. The molecule has 1 aromatic rings. The van der Waals surface area contributed by atoms with E-state index in [4.69, 9.17) is 14.2 Å². The highest BCUT2D eigenvalue weighted by Crippen LogP contribution is 2.40. The van der Waals surface area contributed by atoms with Gasteiger partial charge in [-0.05, 0) is 6.92 Å². The van der Waals surface area contributed by atoms with Crippen LogP contribution in [0.25, 0.3) is 0 Å². The van der Waals surface area contributed by atoms with E-state index in [1.165, 1.54) is 7.11 Å². The molecule has 3 aliphatic heterocycles. The Morgan fingerprint density at radius 2 is 1.90 bits per heavy atom. The summed E-state index contributed by atoms with van der Waals surface area (Å²) >= 11 is 0. The summed E-state index contributed by atoms with van der Waals surface area (Å²) in [6.45, 7) is 4.72. The lowest BCUT2D eigenvalue weighted by atomic mass is 10.2. The summed E-state index contributed by atoms with van der Waals surface area (Å²) in [7, 11) is 1.54. The van der Waals surface area contributed by atoms with Crippen molar-refractivity contribution in [2.75, 3.05) is 51.9 Å². The third kappa shape index (κ3) is 4.19. The minimum absolute atomic E-state index is 0.00713. The van der Waals surface area contributed by atoms with Crippen molar-refractivity contribution in [3.05, 3.63) is 23.9 Å². The number of nitrogens with zero attached hydrogens (tertiary/aromatic N) is 3. The molecule has 29 heavy (non-hydrogen) atoms. The third-order valence-electron chi connectivity index (χ3n) is 5.14. The van der Waals surface area contributed by atoms with E-state index in [1.54, 1.807) is 17.0 Å². The third-order valence-corrected chi connectivity index (χ3v) is 5.14. The molecule has 0 spiro atoms. The second-order valence-corrected chi connectivity index (χ2v) is 7.13. The number of methoxy groups -OCH3 is 1. The normalized spacial score (nSPS) is 18.3. The van der Waals surface area contributed by atoms with Gasteiger partial charge >= 0.3 is 0 Å². The van der Waals surface area contributed by atoms with Crippen LogP contribution in [0.1, 0.15) is 13.3 Å². The van der Waals surface area contributed by atoms with Crippen molar-refractivity contribution in [2.45, 2.75) is 13.3 Å². The summed E-state index contributed by atoms with van der Waals surface area (Å²) in [5.41, 5.74) is 2.03. The van der Waals surface area contributed by atoms with E-state index in [2.05, 4.69) is 10.3 Å². The number of hydrogen-bond acceptors (Lipinski definition) is 7. The highest BCUT2D eigenvalue weighted by Gasteiger charge is 2.26. The molecule has 2 amide bonds. The van der Waals surface area contributed by atoms with Gasteiger partial charge in [-0.25, -0.2) is 0 Å². The Hall–Kier alpha value is -3.07. The first-order valence-corrected chi connectivity index (χ1v) is 9.57. The number of fused-ring (bicyclic) bond motifs is 1. The number of piperazine rings is 1. The van der Waals surface area contributed by atoms with Crippen LogP contribution in [0.5, 0.6) is 17.2 Å². The lowest BCUT2D eigenvalue weighted by Gasteiger charge is -2.34. The molecule has 1 aromatic carbocycles. The number of ether oxygens (including phenoxy) is 3. The van der Waals surface area contributed by atoms with Gasteiger partial charge in [0.25, 0.3) is 5.91 Å². The van der Waals surface area contributed by atoms with Crippen LogP contribution in [0.15, 0.2) is 28.9 Å². The smallest absolute Gasteiger partial charge is 0.268 e. The van der Waals surface area contributed by atoms with Crippen molar-refractivity contribution in [1.82, 2.24) is 9.80 Å². The summed E-state index contributed by atoms with van der Waals surface area (Å²) < 4.78 is 16.0. The predicted molar refractivity (Wildman–Crippen MR) is 107 cm³/mol. The van der Waals surface area contributed by atoms with Crippen LogP contribution in [-0.2, 0) is 9.59 Å². The molecule has 4 rings (SSSR count). The molecule has 0 atom stereocenters. The summed E-state index contributed by atoms with van der Waals surface area (Å²) in [4.78, 5) is 33.2. The Balaban J connectivity index is 1.29. The van der Waals surface area contributed by atoms with E-state index >= 15 is 0 Å². The second kappa shape index (κ2) is 8.12. The maximum Gasteiger partial charge on any atom is 0.268 e. The van der Waals surface area contributed by atoms with Gasteiger partial charge in [0.1, 0.15) is 11.5 Å². The van der Waals surface area contributed by atoms with Crippen molar-refractivity contribution in [3.63, 3.8) is 0 Å². The fraction of sp³-hybridized carbons (Fsp3) is 0.450. The molecule has 1 saturated heterocycles. The molecule has 0 saturated carbocycles. The maximum absolute atomic E-state index is 12.5. The van der Waals surface area contributed by atoms with Crippen LogP contribution in [0.3, 0.4) is 0 Å². The number of carbonyl (C=O) groups excluding carboxylic acids is 2.